The minimum atomic E-state index is 0.253. The van der Waals surface area contributed by atoms with Crippen LogP contribution in [0.4, 0.5) is 0 Å². The first-order valence-electron chi connectivity index (χ1n) is 7.55. The smallest absolute Gasteiger partial charge is 0.191 e. The number of aliphatic hydroxyl groups excluding tert-OH is 1. The Hall–Kier alpha value is -0.590. The largest absolute Gasteiger partial charge is 0.396 e. The highest BCUT2D eigenvalue weighted by molar-refractivity contribution is 9.10. The first-order valence-corrected chi connectivity index (χ1v) is 9.22. The molecule has 0 aliphatic rings. The van der Waals surface area contributed by atoms with E-state index in [0.717, 1.165) is 42.8 Å². The average Bonchev–Trinajstić information content (AvgIpc) is 2.88. The van der Waals surface area contributed by atoms with Gasteiger partial charge in [0, 0.05) is 34.4 Å². The number of hydrogen-bond donors (Lipinski definition) is 3. The van der Waals surface area contributed by atoms with Crippen LogP contribution in [0.3, 0.4) is 0 Å². The standard InChI is InChI=1S/C15H26BrN3OS/c1-3-5-12(6-7-20)9-18-15(17-4-2)19-10-14-8-13(16)11-21-14/h8,11-12,20H,3-7,9-10H2,1-2H3,(H2,17,18,19). The van der Waals surface area contributed by atoms with Crippen molar-refractivity contribution < 1.29 is 5.11 Å². The van der Waals surface area contributed by atoms with Crippen molar-refractivity contribution in [1.29, 1.82) is 0 Å². The molecule has 0 aliphatic carbocycles. The van der Waals surface area contributed by atoms with Crippen molar-refractivity contribution in [3.05, 3.63) is 20.8 Å². The zero-order chi connectivity index (χ0) is 15.5. The van der Waals surface area contributed by atoms with Gasteiger partial charge in [0.25, 0.3) is 0 Å². The van der Waals surface area contributed by atoms with E-state index in [1.54, 1.807) is 11.3 Å². The fourth-order valence-electron chi connectivity index (χ4n) is 2.12. The average molecular weight is 376 g/mol. The van der Waals surface area contributed by atoms with Crippen molar-refractivity contribution in [1.82, 2.24) is 10.6 Å². The van der Waals surface area contributed by atoms with Gasteiger partial charge in [-0.3, -0.25) is 0 Å². The number of nitrogens with zero attached hydrogens (tertiary/aromatic N) is 1. The maximum atomic E-state index is 9.11. The molecule has 0 aliphatic heterocycles. The topological polar surface area (TPSA) is 56.6 Å². The third-order valence-corrected chi connectivity index (χ3v) is 4.83. The van der Waals surface area contributed by atoms with Crippen LogP contribution in [0.5, 0.6) is 0 Å². The number of hydrogen-bond acceptors (Lipinski definition) is 3. The van der Waals surface area contributed by atoms with E-state index in [1.807, 2.05) is 0 Å². The van der Waals surface area contributed by atoms with Gasteiger partial charge in [-0.15, -0.1) is 11.3 Å². The molecule has 4 nitrogen and oxygen atoms in total. The maximum Gasteiger partial charge on any atom is 0.191 e. The van der Waals surface area contributed by atoms with E-state index in [2.05, 4.69) is 56.8 Å². The number of rotatable bonds is 9. The molecule has 1 aromatic heterocycles. The number of aliphatic hydroxyl groups is 1. The summed E-state index contributed by atoms with van der Waals surface area (Å²) in [5.74, 6) is 1.35. The predicted molar refractivity (Wildman–Crippen MR) is 94.9 cm³/mol. The van der Waals surface area contributed by atoms with Gasteiger partial charge in [-0.1, -0.05) is 13.3 Å². The normalized spacial score (nSPS) is 13.2. The fraction of sp³-hybridized carbons (Fsp3) is 0.667. The number of nitrogens with one attached hydrogen (secondary N) is 2. The molecule has 0 aromatic carbocycles. The molecular weight excluding hydrogens is 350 g/mol. The number of guanidine groups is 1. The van der Waals surface area contributed by atoms with Gasteiger partial charge in [-0.2, -0.15) is 0 Å². The summed E-state index contributed by atoms with van der Waals surface area (Å²) in [7, 11) is 0. The number of thiophene rings is 1. The third-order valence-electron chi connectivity index (χ3n) is 3.15. The molecule has 0 radical (unpaired) electrons. The van der Waals surface area contributed by atoms with Crippen molar-refractivity contribution in [2.45, 2.75) is 39.7 Å². The van der Waals surface area contributed by atoms with Crippen molar-refractivity contribution in [2.24, 2.45) is 10.9 Å². The van der Waals surface area contributed by atoms with Gasteiger partial charge in [-0.25, -0.2) is 4.99 Å². The molecule has 0 bridgehead atoms. The quantitative estimate of drug-likeness (QED) is 0.458. The molecule has 21 heavy (non-hydrogen) atoms. The number of aliphatic imine (C=N–C) groups is 1. The molecule has 1 rings (SSSR count). The van der Waals surface area contributed by atoms with Gasteiger partial charge in [0.2, 0.25) is 0 Å². The number of halogens is 1. The van der Waals surface area contributed by atoms with Gasteiger partial charge in [-0.05, 0) is 47.7 Å². The summed E-state index contributed by atoms with van der Waals surface area (Å²) >= 11 is 5.17. The van der Waals surface area contributed by atoms with Crippen molar-refractivity contribution >= 4 is 33.2 Å². The summed E-state index contributed by atoms with van der Waals surface area (Å²) in [6.07, 6.45) is 3.12. The summed E-state index contributed by atoms with van der Waals surface area (Å²) < 4.78 is 1.11. The first kappa shape index (κ1) is 18.5. The molecule has 1 aromatic rings. The highest BCUT2D eigenvalue weighted by Gasteiger charge is 2.08. The second-order valence-electron chi connectivity index (χ2n) is 4.97. The first-order chi connectivity index (χ1) is 10.2. The second-order valence-corrected chi connectivity index (χ2v) is 6.89. The summed E-state index contributed by atoms with van der Waals surface area (Å²) in [6.45, 7) is 6.88. The third kappa shape index (κ3) is 7.83. The van der Waals surface area contributed by atoms with Crippen LogP contribution in [-0.2, 0) is 6.54 Å². The van der Waals surface area contributed by atoms with Crippen LogP contribution >= 0.6 is 27.3 Å². The predicted octanol–water partition coefficient (Wildman–Crippen LogP) is 3.36. The highest BCUT2D eigenvalue weighted by atomic mass is 79.9. The lowest BCUT2D eigenvalue weighted by Gasteiger charge is -2.18. The van der Waals surface area contributed by atoms with E-state index in [4.69, 9.17) is 5.11 Å². The minimum absolute atomic E-state index is 0.253. The van der Waals surface area contributed by atoms with Gasteiger partial charge in [0.05, 0.1) is 6.54 Å². The maximum absolute atomic E-state index is 9.11. The van der Waals surface area contributed by atoms with Crippen LogP contribution in [0, 0.1) is 5.92 Å². The molecule has 1 unspecified atom stereocenters. The fourth-order valence-corrected chi connectivity index (χ4v) is 3.49. The lowest BCUT2D eigenvalue weighted by atomic mass is 10.0. The molecule has 6 heteroatoms. The Kier molecular flexibility index (Phi) is 9.70. The molecule has 0 saturated heterocycles. The molecule has 120 valence electrons. The van der Waals surface area contributed by atoms with Gasteiger partial charge < -0.3 is 15.7 Å². The van der Waals surface area contributed by atoms with Crippen molar-refractivity contribution in [2.75, 3.05) is 19.7 Å². The molecule has 0 amide bonds. The minimum Gasteiger partial charge on any atom is -0.396 e. The lowest BCUT2D eigenvalue weighted by molar-refractivity contribution is 0.251. The monoisotopic (exact) mass is 375 g/mol. The lowest BCUT2D eigenvalue weighted by Crippen LogP contribution is -2.40. The Bertz CT molecular complexity index is 417. The highest BCUT2D eigenvalue weighted by Crippen LogP contribution is 2.20. The molecule has 0 saturated carbocycles. The SMILES string of the molecule is CCCC(CCO)CNC(=NCc1cc(Br)cs1)NCC. The Morgan fingerprint density at radius 3 is 2.76 bits per heavy atom. The zero-order valence-corrected chi connectivity index (χ0v) is 15.3. The zero-order valence-electron chi connectivity index (χ0n) is 12.9. The van der Waals surface area contributed by atoms with Crippen LogP contribution < -0.4 is 10.6 Å². The van der Waals surface area contributed by atoms with E-state index >= 15 is 0 Å². The van der Waals surface area contributed by atoms with E-state index in [9.17, 15) is 0 Å². The van der Waals surface area contributed by atoms with Crippen LogP contribution in [0.15, 0.2) is 20.9 Å². The van der Waals surface area contributed by atoms with Crippen molar-refractivity contribution in [3.63, 3.8) is 0 Å². The molecule has 0 fully saturated rings. The Morgan fingerprint density at radius 2 is 2.19 bits per heavy atom. The van der Waals surface area contributed by atoms with Crippen LogP contribution in [0.2, 0.25) is 0 Å². The Balaban J connectivity index is 2.51. The van der Waals surface area contributed by atoms with E-state index in [1.165, 1.54) is 4.88 Å². The molecular formula is C15H26BrN3OS. The van der Waals surface area contributed by atoms with Gasteiger partial charge >= 0.3 is 0 Å². The van der Waals surface area contributed by atoms with Gasteiger partial charge in [0.15, 0.2) is 5.96 Å². The Labute approximate surface area is 140 Å². The summed E-state index contributed by atoms with van der Waals surface area (Å²) in [5.41, 5.74) is 0. The van der Waals surface area contributed by atoms with E-state index in [-0.39, 0.29) is 6.61 Å². The van der Waals surface area contributed by atoms with Gasteiger partial charge in [0.1, 0.15) is 0 Å². The summed E-state index contributed by atoms with van der Waals surface area (Å²) in [6, 6.07) is 2.10. The second kappa shape index (κ2) is 11.0. The summed E-state index contributed by atoms with van der Waals surface area (Å²) in [4.78, 5) is 5.85. The van der Waals surface area contributed by atoms with E-state index < -0.39 is 0 Å². The summed E-state index contributed by atoms with van der Waals surface area (Å²) in [5, 5.41) is 17.8. The molecule has 1 atom stereocenters. The molecule has 1 heterocycles. The Morgan fingerprint density at radius 1 is 1.38 bits per heavy atom. The molecule has 3 N–H and O–H groups in total. The van der Waals surface area contributed by atoms with Crippen molar-refractivity contribution in [3.8, 4) is 0 Å². The van der Waals surface area contributed by atoms with Crippen LogP contribution in [-0.4, -0.2) is 30.8 Å². The molecule has 0 spiro atoms. The van der Waals surface area contributed by atoms with E-state index in [0.29, 0.717) is 12.5 Å². The van der Waals surface area contributed by atoms with Crippen LogP contribution in [0.1, 0.15) is 38.0 Å². The van der Waals surface area contributed by atoms with Crippen LogP contribution in [0.25, 0.3) is 0 Å².